The van der Waals surface area contributed by atoms with Crippen molar-refractivity contribution in [3.63, 3.8) is 0 Å². The van der Waals surface area contributed by atoms with Gasteiger partial charge in [-0.3, -0.25) is 9.59 Å². The average Bonchev–Trinajstić information content (AvgIpc) is 2.84. The highest BCUT2D eigenvalue weighted by molar-refractivity contribution is 6.00. The molecule has 0 aliphatic carbocycles. The third kappa shape index (κ3) is 4.70. The summed E-state index contributed by atoms with van der Waals surface area (Å²) in [5.74, 6) is 0.574. The molecule has 2 atom stereocenters. The van der Waals surface area contributed by atoms with Gasteiger partial charge in [0.15, 0.2) is 11.5 Å². The van der Waals surface area contributed by atoms with Gasteiger partial charge in [-0.05, 0) is 55.3 Å². The summed E-state index contributed by atoms with van der Waals surface area (Å²) in [7, 11) is 3.15. The van der Waals surface area contributed by atoms with Crippen LogP contribution in [0.1, 0.15) is 30.0 Å². The van der Waals surface area contributed by atoms with E-state index in [4.69, 9.17) is 9.47 Å². The molecule has 1 aliphatic rings. The van der Waals surface area contributed by atoms with Crippen LogP contribution < -0.4 is 19.7 Å². The number of ether oxygens (including phenoxy) is 2. The lowest BCUT2D eigenvalue weighted by Gasteiger charge is -2.41. The fourth-order valence-electron chi connectivity index (χ4n) is 4.35. The average molecular weight is 445 g/mol. The number of aryl methyl sites for hydroxylation is 1. The summed E-state index contributed by atoms with van der Waals surface area (Å²) in [6.45, 7) is 2.00. The molecule has 0 aromatic heterocycles. The first-order valence-corrected chi connectivity index (χ1v) is 11.0. The van der Waals surface area contributed by atoms with Crippen molar-refractivity contribution in [2.45, 2.75) is 25.8 Å². The van der Waals surface area contributed by atoms with E-state index < -0.39 is 12.0 Å². The van der Waals surface area contributed by atoms with Gasteiger partial charge in [-0.15, -0.1) is 0 Å². The summed E-state index contributed by atoms with van der Waals surface area (Å²) in [5, 5.41) is 3.03. The molecule has 3 aromatic rings. The maximum absolute atomic E-state index is 13.5. The maximum Gasteiger partial charge on any atom is 0.229 e. The molecule has 0 bridgehead atoms. The number of piperidine rings is 1. The third-order valence-electron chi connectivity index (χ3n) is 6.04. The molecule has 1 fully saturated rings. The lowest BCUT2D eigenvalue weighted by Crippen LogP contribution is -2.47. The Morgan fingerprint density at radius 1 is 0.939 bits per heavy atom. The van der Waals surface area contributed by atoms with Gasteiger partial charge in [-0.2, -0.15) is 0 Å². The highest BCUT2D eigenvalue weighted by Crippen LogP contribution is 2.42. The van der Waals surface area contributed by atoms with Gasteiger partial charge >= 0.3 is 0 Å². The molecule has 0 unspecified atom stereocenters. The van der Waals surface area contributed by atoms with Crippen molar-refractivity contribution in [2.75, 3.05) is 24.4 Å². The largest absolute Gasteiger partial charge is 0.493 e. The van der Waals surface area contributed by atoms with Crippen LogP contribution in [0.3, 0.4) is 0 Å². The second-order valence-electron chi connectivity index (χ2n) is 8.16. The fourth-order valence-corrected chi connectivity index (χ4v) is 4.35. The molecular weight excluding hydrogens is 416 g/mol. The summed E-state index contributed by atoms with van der Waals surface area (Å²) < 4.78 is 10.9. The molecule has 2 amide bonds. The van der Waals surface area contributed by atoms with E-state index in [9.17, 15) is 9.59 Å². The van der Waals surface area contributed by atoms with E-state index >= 15 is 0 Å². The van der Waals surface area contributed by atoms with Gasteiger partial charge in [0.05, 0.1) is 26.2 Å². The van der Waals surface area contributed by atoms with Crippen LogP contribution in [0, 0.1) is 12.8 Å². The molecule has 0 saturated carbocycles. The van der Waals surface area contributed by atoms with Crippen LogP contribution in [-0.2, 0) is 9.59 Å². The Morgan fingerprint density at radius 3 is 2.30 bits per heavy atom. The molecule has 0 radical (unpaired) electrons. The normalized spacial score (nSPS) is 18.0. The van der Waals surface area contributed by atoms with Gasteiger partial charge in [0, 0.05) is 17.8 Å². The Labute approximate surface area is 194 Å². The van der Waals surface area contributed by atoms with E-state index in [1.165, 1.54) is 0 Å². The number of benzene rings is 3. The zero-order chi connectivity index (χ0) is 23.4. The number of carbonyl (C=O) groups excluding carboxylic acids is 2. The molecule has 3 aromatic carbocycles. The minimum absolute atomic E-state index is 0.0117. The minimum atomic E-state index is -0.488. The van der Waals surface area contributed by atoms with Crippen molar-refractivity contribution >= 4 is 23.2 Å². The van der Waals surface area contributed by atoms with Crippen LogP contribution in [0.5, 0.6) is 11.5 Å². The maximum atomic E-state index is 13.5. The van der Waals surface area contributed by atoms with Crippen LogP contribution >= 0.6 is 0 Å². The molecule has 6 nitrogen and oxygen atoms in total. The smallest absolute Gasteiger partial charge is 0.229 e. The Morgan fingerprint density at radius 2 is 1.64 bits per heavy atom. The third-order valence-corrected chi connectivity index (χ3v) is 6.04. The number of anilines is 2. The second-order valence-corrected chi connectivity index (χ2v) is 8.16. The van der Waals surface area contributed by atoms with Crippen LogP contribution in [0.15, 0.2) is 72.8 Å². The van der Waals surface area contributed by atoms with Gasteiger partial charge < -0.3 is 19.7 Å². The standard InChI is InChI=1S/C27H28N2O4/c1-18-9-12-21(13-10-18)29-25(30)16-14-22(27(31)28-20-7-5-4-6-8-20)26(29)19-11-15-23(32-2)24(17-19)33-3/h4-13,15,17,22,26H,14,16H2,1-3H3,(H,28,31)/t22-,26+/m0/s1. The van der Waals surface area contributed by atoms with Crippen molar-refractivity contribution in [2.24, 2.45) is 5.92 Å². The summed E-state index contributed by atoms with van der Waals surface area (Å²) >= 11 is 0. The Kier molecular flexibility index (Phi) is 6.63. The number of para-hydroxylation sites is 1. The van der Waals surface area contributed by atoms with E-state index in [0.29, 0.717) is 24.3 Å². The van der Waals surface area contributed by atoms with Crippen molar-refractivity contribution < 1.29 is 19.1 Å². The van der Waals surface area contributed by atoms with Crippen molar-refractivity contribution in [3.05, 3.63) is 83.9 Å². The van der Waals surface area contributed by atoms with E-state index in [0.717, 1.165) is 22.5 Å². The Bertz CT molecular complexity index is 1130. The topological polar surface area (TPSA) is 67.9 Å². The molecule has 1 saturated heterocycles. The van der Waals surface area contributed by atoms with E-state index in [2.05, 4.69) is 5.32 Å². The van der Waals surface area contributed by atoms with Gasteiger partial charge in [-0.25, -0.2) is 0 Å². The minimum Gasteiger partial charge on any atom is -0.493 e. The molecule has 0 spiro atoms. The highest BCUT2D eigenvalue weighted by atomic mass is 16.5. The predicted octanol–water partition coefficient (Wildman–Crippen LogP) is 5.14. The molecule has 1 heterocycles. The van der Waals surface area contributed by atoms with Gasteiger partial charge in [0.2, 0.25) is 11.8 Å². The molecule has 170 valence electrons. The molecule has 33 heavy (non-hydrogen) atoms. The molecule has 4 rings (SSSR count). The number of nitrogens with one attached hydrogen (secondary N) is 1. The SMILES string of the molecule is COc1ccc([C@@H]2[C@@H](C(=O)Nc3ccccc3)CCC(=O)N2c2ccc(C)cc2)cc1OC. The lowest BCUT2D eigenvalue weighted by atomic mass is 9.83. The number of carbonyl (C=O) groups is 2. The van der Waals surface area contributed by atoms with E-state index in [-0.39, 0.29) is 11.8 Å². The predicted molar refractivity (Wildman–Crippen MR) is 129 cm³/mol. The van der Waals surface area contributed by atoms with Gasteiger partial charge in [-0.1, -0.05) is 42.0 Å². The highest BCUT2D eigenvalue weighted by Gasteiger charge is 2.41. The molecule has 1 N–H and O–H groups in total. The van der Waals surface area contributed by atoms with Crippen LogP contribution in [0.25, 0.3) is 0 Å². The first kappa shape index (κ1) is 22.4. The van der Waals surface area contributed by atoms with Crippen molar-refractivity contribution in [1.82, 2.24) is 0 Å². The number of hydrogen-bond acceptors (Lipinski definition) is 4. The first-order valence-electron chi connectivity index (χ1n) is 11.0. The number of rotatable bonds is 6. The number of methoxy groups -OCH3 is 2. The zero-order valence-electron chi connectivity index (χ0n) is 19.1. The lowest BCUT2D eigenvalue weighted by molar-refractivity contribution is -0.125. The van der Waals surface area contributed by atoms with Crippen molar-refractivity contribution in [3.8, 4) is 11.5 Å². The van der Waals surface area contributed by atoms with Crippen LogP contribution in [0.4, 0.5) is 11.4 Å². The summed E-state index contributed by atoms with van der Waals surface area (Å²) in [5.41, 5.74) is 3.41. The van der Waals surface area contributed by atoms with E-state index in [1.807, 2.05) is 79.7 Å². The summed E-state index contributed by atoms with van der Waals surface area (Å²) in [6, 6.07) is 22.3. The van der Waals surface area contributed by atoms with Crippen LogP contribution in [0.2, 0.25) is 0 Å². The molecule has 6 heteroatoms. The monoisotopic (exact) mass is 444 g/mol. The quantitative estimate of drug-likeness (QED) is 0.572. The Balaban J connectivity index is 1.78. The summed E-state index contributed by atoms with van der Waals surface area (Å²) in [4.78, 5) is 28.4. The van der Waals surface area contributed by atoms with Gasteiger partial charge in [0.25, 0.3) is 0 Å². The van der Waals surface area contributed by atoms with E-state index in [1.54, 1.807) is 19.1 Å². The number of hydrogen-bond donors (Lipinski definition) is 1. The second kappa shape index (κ2) is 9.77. The Hall–Kier alpha value is -3.80. The number of nitrogens with zero attached hydrogens (tertiary/aromatic N) is 1. The number of amides is 2. The molecular formula is C27H28N2O4. The van der Waals surface area contributed by atoms with Crippen molar-refractivity contribution in [1.29, 1.82) is 0 Å². The fraction of sp³-hybridized carbons (Fsp3) is 0.259. The summed E-state index contributed by atoms with van der Waals surface area (Å²) in [6.07, 6.45) is 0.753. The first-order chi connectivity index (χ1) is 16.0. The van der Waals surface area contributed by atoms with Crippen LogP contribution in [-0.4, -0.2) is 26.0 Å². The molecule has 1 aliphatic heterocycles. The zero-order valence-corrected chi connectivity index (χ0v) is 19.1. The van der Waals surface area contributed by atoms with Gasteiger partial charge in [0.1, 0.15) is 0 Å².